The van der Waals surface area contributed by atoms with Crippen LogP contribution in [0.15, 0.2) is 18.2 Å². The van der Waals surface area contributed by atoms with Gasteiger partial charge in [-0.25, -0.2) is 0 Å². The summed E-state index contributed by atoms with van der Waals surface area (Å²) in [6.07, 6.45) is 1.39. The summed E-state index contributed by atoms with van der Waals surface area (Å²) in [7, 11) is 0. The van der Waals surface area contributed by atoms with Crippen LogP contribution in [-0.4, -0.2) is 22.7 Å². The van der Waals surface area contributed by atoms with Crippen molar-refractivity contribution in [3.05, 3.63) is 39.4 Å². The van der Waals surface area contributed by atoms with E-state index in [1.165, 1.54) is 0 Å². The van der Waals surface area contributed by atoms with Crippen LogP contribution in [0.2, 0.25) is 0 Å². The molecule has 0 aliphatic carbocycles. The van der Waals surface area contributed by atoms with Gasteiger partial charge in [-0.05, 0) is 38.8 Å². The molecule has 18 heavy (non-hydrogen) atoms. The van der Waals surface area contributed by atoms with Gasteiger partial charge in [0.2, 0.25) is 0 Å². The number of aliphatic hydroxyl groups is 1. The first-order valence-electron chi connectivity index (χ1n) is 6.13. The van der Waals surface area contributed by atoms with E-state index < -0.39 is 0 Å². The zero-order valence-corrected chi connectivity index (χ0v) is 10.8. The molecular weight excluding hydrogens is 232 g/mol. The number of nitro groups is 1. The fourth-order valence-electron chi connectivity index (χ4n) is 1.72. The number of hydrogen-bond acceptors (Lipinski definition) is 4. The lowest BCUT2D eigenvalue weighted by molar-refractivity contribution is -0.385. The zero-order chi connectivity index (χ0) is 13.5. The molecule has 1 rings (SSSR count). The van der Waals surface area contributed by atoms with Crippen molar-refractivity contribution in [3.8, 4) is 0 Å². The lowest BCUT2D eigenvalue weighted by Crippen LogP contribution is -2.16. The van der Waals surface area contributed by atoms with E-state index >= 15 is 0 Å². The SMILES string of the molecule is Cc1ccc(CNCCCC(C)O)cc1[N+](=O)[O-]. The normalized spacial score (nSPS) is 12.4. The van der Waals surface area contributed by atoms with Gasteiger partial charge in [-0.1, -0.05) is 12.1 Å². The van der Waals surface area contributed by atoms with E-state index in [9.17, 15) is 10.1 Å². The third kappa shape index (κ3) is 4.81. The van der Waals surface area contributed by atoms with Crippen LogP contribution in [0.3, 0.4) is 0 Å². The summed E-state index contributed by atoms with van der Waals surface area (Å²) in [6, 6.07) is 5.27. The Hall–Kier alpha value is -1.46. The van der Waals surface area contributed by atoms with Crippen LogP contribution in [0, 0.1) is 17.0 Å². The first-order chi connectivity index (χ1) is 8.50. The maximum absolute atomic E-state index is 10.8. The van der Waals surface area contributed by atoms with E-state index in [-0.39, 0.29) is 16.7 Å². The second kappa shape index (κ2) is 7.08. The Kier molecular flexibility index (Phi) is 5.74. The number of nitro benzene ring substituents is 1. The number of aliphatic hydroxyl groups excluding tert-OH is 1. The maximum atomic E-state index is 10.8. The molecule has 0 aliphatic rings. The van der Waals surface area contributed by atoms with Gasteiger partial charge in [0, 0.05) is 18.2 Å². The van der Waals surface area contributed by atoms with Crippen molar-refractivity contribution < 1.29 is 10.0 Å². The van der Waals surface area contributed by atoms with Crippen LogP contribution in [0.1, 0.15) is 30.9 Å². The third-order valence-electron chi connectivity index (χ3n) is 2.77. The number of nitrogens with one attached hydrogen (secondary N) is 1. The lowest BCUT2D eigenvalue weighted by Gasteiger charge is -2.07. The highest BCUT2D eigenvalue weighted by atomic mass is 16.6. The van der Waals surface area contributed by atoms with Gasteiger partial charge in [0.1, 0.15) is 0 Å². The molecule has 0 aromatic heterocycles. The molecule has 5 nitrogen and oxygen atoms in total. The Morgan fingerprint density at radius 1 is 1.50 bits per heavy atom. The average Bonchev–Trinajstić information content (AvgIpc) is 2.30. The molecule has 0 aliphatic heterocycles. The Morgan fingerprint density at radius 3 is 2.83 bits per heavy atom. The lowest BCUT2D eigenvalue weighted by atomic mass is 10.1. The summed E-state index contributed by atoms with van der Waals surface area (Å²) in [5.74, 6) is 0. The molecular formula is C13H20N2O3. The number of rotatable bonds is 7. The topological polar surface area (TPSA) is 75.4 Å². The molecule has 1 aromatic rings. The van der Waals surface area contributed by atoms with E-state index in [1.807, 2.05) is 6.07 Å². The first-order valence-corrected chi connectivity index (χ1v) is 6.13. The minimum absolute atomic E-state index is 0.165. The number of aryl methyl sites for hydroxylation is 1. The molecule has 0 spiro atoms. The minimum Gasteiger partial charge on any atom is -0.393 e. The molecule has 1 unspecified atom stereocenters. The van der Waals surface area contributed by atoms with Crippen molar-refractivity contribution in [3.63, 3.8) is 0 Å². The van der Waals surface area contributed by atoms with Gasteiger partial charge >= 0.3 is 0 Å². The van der Waals surface area contributed by atoms with Crippen molar-refractivity contribution in [2.45, 2.75) is 39.3 Å². The molecule has 0 saturated heterocycles. The van der Waals surface area contributed by atoms with Crippen molar-refractivity contribution in [2.24, 2.45) is 0 Å². The molecule has 0 heterocycles. The van der Waals surface area contributed by atoms with Crippen molar-refractivity contribution in [1.29, 1.82) is 0 Å². The van der Waals surface area contributed by atoms with Gasteiger partial charge in [0.25, 0.3) is 5.69 Å². The number of benzene rings is 1. The Morgan fingerprint density at radius 2 is 2.22 bits per heavy atom. The Bertz CT molecular complexity index is 405. The average molecular weight is 252 g/mol. The largest absolute Gasteiger partial charge is 0.393 e. The molecule has 0 amide bonds. The maximum Gasteiger partial charge on any atom is 0.272 e. The number of nitrogens with zero attached hydrogens (tertiary/aromatic N) is 1. The third-order valence-corrected chi connectivity index (χ3v) is 2.77. The second-order valence-corrected chi connectivity index (χ2v) is 4.55. The van der Waals surface area contributed by atoms with Crippen LogP contribution in [0.4, 0.5) is 5.69 Å². The van der Waals surface area contributed by atoms with Crippen LogP contribution < -0.4 is 5.32 Å². The molecule has 0 fully saturated rings. The standard InChI is InChI=1S/C13H20N2O3/c1-10-5-6-12(8-13(10)15(17)18)9-14-7-3-4-11(2)16/h5-6,8,11,14,16H,3-4,7,9H2,1-2H3. The molecule has 1 aromatic carbocycles. The molecule has 0 saturated carbocycles. The van der Waals surface area contributed by atoms with Crippen LogP contribution in [0.25, 0.3) is 0 Å². The molecule has 0 radical (unpaired) electrons. The van der Waals surface area contributed by atoms with Gasteiger partial charge in [0.05, 0.1) is 11.0 Å². The second-order valence-electron chi connectivity index (χ2n) is 4.55. The molecule has 100 valence electrons. The fourth-order valence-corrected chi connectivity index (χ4v) is 1.72. The minimum atomic E-state index is -0.355. The van der Waals surface area contributed by atoms with E-state index in [1.54, 1.807) is 26.0 Å². The monoisotopic (exact) mass is 252 g/mol. The Balaban J connectivity index is 2.43. The van der Waals surface area contributed by atoms with Gasteiger partial charge in [-0.2, -0.15) is 0 Å². The highest BCUT2D eigenvalue weighted by Crippen LogP contribution is 2.18. The molecule has 1 atom stereocenters. The molecule has 2 N–H and O–H groups in total. The first kappa shape index (κ1) is 14.6. The van der Waals surface area contributed by atoms with Crippen LogP contribution in [-0.2, 0) is 6.54 Å². The van der Waals surface area contributed by atoms with Gasteiger partial charge < -0.3 is 10.4 Å². The van der Waals surface area contributed by atoms with Crippen molar-refractivity contribution in [1.82, 2.24) is 5.32 Å². The fraction of sp³-hybridized carbons (Fsp3) is 0.538. The van der Waals surface area contributed by atoms with E-state index in [2.05, 4.69) is 5.32 Å². The summed E-state index contributed by atoms with van der Waals surface area (Å²) in [5.41, 5.74) is 1.75. The van der Waals surface area contributed by atoms with E-state index in [0.717, 1.165) is 24.9 Å². The zero-order valence-electron chi connectivity index (χ0n) is 10.8. The smallest absolute Gasteiger partial charge is 0.272 e. The predicted molar refractivity (Wildman–Crippen MR) is 70.5 cm³/mol. The summed E-state index contributed by atoms with van der Waals surface area (Å²) >= 11 is 0. The van der Waals surface area contributed by atoms with Gasteiger partial charge in [0.15, 0.2) is 0 Å². The molecule has 5 heteroatoms. The van der Waals surface area contributed by atoms with Crippen LogP contribution >= 0.6 is 0 Å². The Labute approximate surface area is 107 Å². The van der Waals surface area contributed by atoms with E-state index in [4.69, 9.17) is 5.11 Å². The summed E-state index contributed by atoms with van der Waals surface area (Å²) in [5, 5.41) is 23.1. The van der Waals surface area contributed by atoms with E-state index in [0.29, 0.717) is 12.1 Å². The van der Waals surface area contributed by atoms with Gasteiger partial charge in [-0.3, -0.25) is 10.1 Å². The molecule has 0 bridgehead atoms. The summed E-state index contributed by atoms with van der Waals surface area (Å²) < 4.78 is 0. The predicted octanol–water partition coefficient (Wildman–Crippen LogP) is 2.15. The quantitative estimate of drug-likeness (QED) is 0.443. The highest BCUT2D eigenvalue weighted by molar-refractivity contribution is 5.42. The summed E-state index contributed by atoms with van der Waals surface area (Å²) in [4.78, 5) is 10.4. The summed E-state index contributed by atoms with van der Waals surface area (Å²) in [6.45, 7) is 4.91. The van der Waals surface area contributed by atoms with Crippen LogP contribution in [0.5, 0.6) is 0 Å². The highest BCUT2D eigenvalue weighted by Gasteiger charge is 2.10. The van der Waals surface area contributed by atoms with Gasteiger partial charge in [-0.15, -0.1) is 0 Å². The van der Waals surface area contributed by atoms with Crippen molar-refractivity contribution >= 4 is 5.69 Å². The number of hydrogen-bond donors (Lipinski definition) is 2. The van der Waals surface area contributed by atoms with Crippen molar-refractivity contribution in [2.75, 3.05) is 6.54 Å².